The molecule has 2 aromatic rings. The van der Waals surface area contributed by atoms with Gasteiger partial charge in [0.15, 0.2) is 5.69 Å². The number of aryl methyl sites for hydroxylation is 1. The van der Waals surface area contributed by atoms with Crippen LogP contribution in [0.4, 0.5) is 11.5 Å². The molecule has 1 aromatic carbocycles. The summed E-state index contributed by atoms with van der Waals surface area (Å²) >= 11 is 0. The lowest BCUT2D eigenvalue weighted by Crippen LogP contribution is -2.42. The smallest absolute Gasteiger partial charge is 0.330 e. The fourth-order valence-electron chi connectivity index (χ4n) is 3.21. The van der Waals surface area contributed by atoms with Gasteiger partial charge < -0.3 is 20.1 Å². The van der Waals surface area contributed by atoms with Gasteiger partial charge in [0.2, 0.25) is 5.91 Å². The zero-order valence-corrected chi connectivity index (χ0v) is 17.8. The molecule has 0 saturated heterocycles. The Morgan fingerprint density at radius 3 is 2.63 bits per heavy atom. The molecule has 1 heterocycles. The fourth-order valence-corrected chi connectivity index (χ4v) is 3.21. The summed E-state index contributed by atoms with van der Waals surface area (Å²) in [5, 5.41) is 0. The highest BCUT2D eigenvalue weighted by Crippen LogP contribution is 2.22. The van der Waals surface area contributed by atoms with Crippen molar-refractivity contribution in [2.45, 2.75) is 39.2 Å². The average molecular weight is 418 g/mol. The summed E-state index contributed by atoms with van der Waals surface area (Å²) in [5.41, 5.74) is 5.77. The number of H-pyrrole nitrogens is 1. The number of aromatic amines is 1. The van der Waals surface area contributed by atoms with Crippen LogP contribution in [0.25, 0.3) is 0 Å². The number of aromatic nitrogens is 2. The number of hydrogen-bond donors (Lipinski definition) is 2. The molecular formula is C21H30N4O5. The second-order valence-electron chi connectivity index (χ2n) is 6.85. The van der Waals surface area contributed by atoms with Gasteiger partial charge in [-0.3, -0.25) is 19.1 Å². The van der Waals surface area contributed by atoms with Crippen molar-refractivity contribution < 1.29 is 14.3 Å². The molecule has 0 radical (unpaired) electrons. The molecule has 0 aliphatic carbocycles. The van der Waals surface area contributed by atoms with E-state index >= 15 is 0 Å². The largest absolute Gasteiger partial charge is 0.496 e. The normalized spacial score (nSPS) is 10.8. The van der Waals surface area contributed by atoms with Gasteiger partial charge in [-0.2, -0.15) is 0 Å². The molecule has 0 aliphatic rings. The monoisotopic (exact) mass is 418 g/mol. The van der Waals surface area contributed by atoms with E-state index in [9.17, 15) is 14.4 Å². The fraction of sp³-hybridized carbons (Fsp3) is 0.476. The van der Waals surface area contributed by atoms with Crippen molar-refractivity contribution in [1.29, 1.82) is 0 Å². The van der Waals surface area contributed by atoms with Crippen LogP contribution in [-0.2, 0) is 22.5 Å². The minimum absolute atomic E-state index is 0.0149. The second kappa shape index (κ2) is 11.2. The number of nitrogens with one attached hydrogen (secondary N) is 1. The number of para-hydroxylation sites is 1. The van der Waals surface area contributed by atoms with Gasteiger partial charge in [0.25, 0.3) is 5.56 Å². The molecule has 1 amide bonds. The molecule has 0 spiro atoms. The molecule has 164 valence electrons. The minimum Gasteiger partial charge on any atom is -0.496 e. The zero-order chi connectivity index (χ0) is 22.1. The number of unbranched alkanes of at least 4 members (excludes halogenated alkanes) is 1. The van der Waals surface area contributed by atoms with Crippen LogP contribution >= 0.6 is 0 Å². The number of amides is 1. The van der Waals surface area contributed by atoms with Gasteiger partial charge in [-0.05, 0) is 24.5 Å². The number of nitrogens with two attached hydrogens (primary N) is 1. The van der Waals surface area contributed by atoms with Crippen LogP contribution in [0.2, 0.25) is 0 Å². The van der Waals surface area contributed by atoms with E-state index in [0.717, 1.165) is 18.4 Å². The molecule has 0 bridgehead atoms. The molecule has 0 fully saturated rings. The van der Waals surface area contributed by atoms with E-state index in [2.05, 4.69) is 4.98 Å². The molecule has 2 rings (SSSR count). The summed E-state index contributed by atoms with van der Waals surface area (Å²) in [4.78, 5) is 41.4. The van der Waals surface area contributed by atoms with Gasteiger partial charge in [0, 0.05) is 26.6 Å². The van der Waals surface area contributed by atoms with E-state index in [1.807, 2.05) is 31.2 Å². The summed E-state index contributed by atoms with van der Waals surface area (Å²) in [5.74, 6) is 0.383. The van der Waals surface area contributed by atoms with E-state index in [1.54, 1.807) is 7.11 Å². The maximum atomic E-state index is 13.1. The van der Waals surface area contributed by atoms with Gasteiger partial charge in [-0.25, -0.2) is 4.79 Å². The topological polar surface area (TPSA) is 120 Å². The summed E-state index contributed by atoms with van der Waals surface area (Å²) < 4.78 is 11.7. The summed E-state index contributed by atoms with van der Waals surface area (Å²) in [7, 11) is 3.08. The Morgan fingerprint density at radius 2 is 1.97 bits per heavy atom. The Morgan fingerprint density at radius 1 is 1.23 bits per heavy atom. The number of hydrogen-bond acceptors (Lipinski definition) is 6. The third kappa shape index (κ3) is 5.50. The lowest BCUT2D eigenvalue weighted by molar-refractivity contribution is -0.118. The van der Waals surface area contributed by atoms with Crippen LogP contribution in [0.3, 0.4) is 0 Å². The molecule has 0 aliphatic heterocycles. The van der Waals surface area contributed by atoms with Crippen molar-refractivity contribution in [2.24, 2.45) is 0 Å². The number of carbonyl (C=O) groups is 1. The average Bonchev–Trinajstić information content (AvgIpc) is 2.74. The molecule has 3 N–H and O–H groups in total. The van der Waals surface area contributed by atoms with E-state index in [4.69, 9.17) is 15.2 Å². The van der Waals surface area contributed by atoms with Crippen molar-refractivity contribution in [3.63, 3.8) is 0 Å². The van der Waals surface area contributed by atoms with E-state index in [1.165, 1.54) is 16.6 Å². The molecule has 0 atom stereocenters. The van der Waals surface area contributed by atoms with Crippen molar-refractivity contribution in [1.82, 2.24) is 9.55 Å². The van der Waals surface area contributed by atoms with Crippen LogP contribution in [0.5, 0.6) is 5.75 Å². The highest BCUT2D eigenvalue weighted by Gasteiger charge is 2.24. The SMILES string of the molecule is CCCCn1c(N)c(N(CCOC)C(=O)CCc2ccccc2OC)c(=O)[nH]c1=O. The summed E-state index contributed by atoms with van der Waals surface area (Å²) in [6, 6.07) is 7.44. The molecule has 0 saturated carbocycles. The second-order valence-corrected chi connectivity index (χ2v) is 6.85. The third-order valence-corrected chi connectivity index (χ3v) is 4.84. The van der Waals surface area contributed by atoms with E-state index < -0.39 is 11.2 Å². The van der Waals surface area contributed by atoms with Crippen molar-refractivity contribution in [3.05, 3.63) is 50.7 Å². The van der Waals surface area contributed by atoms with Crippen molar-refractivity contribution in [2.75, 3.05) is 38.0 Å². The highest BCUT2D eigenvalue weighted by molar-refractivity contribution is 5.95. The third-order valence-electron chi connectivity index (χ3n) is 4.84. The predicted octanol–water partition coefficient (Wildman–Crippen LogP) is 1.54. The highest BCUT2D eigenvalue weighted by atomic mass is 16.5. The summed E-state index contributed by atoms with van der Waals surface area (Å²) in [6.07, 6.45) is 2.14. The first-order chi connectivity index (χ1) is 14.4. The first-order valence-corrected chi connectivity index (χ1v) is 9.98. The van der Waals surface area contributed by atoms with Crippen LogP contribution < -0.4 is 26.6 Å². The first-order valence-electron chi connectivity index (χ1n) is 9.98. The predicted molar refractivity (Wildman–Crippen MR) is 116 cm³/mol. The Hall–Kier alpha value is -3.07. The number of methoxy groups -OCH3 is 2. The molecule has 9 nitrogen and oxygen atoms in total. The van der Waals surface area contributed by atoms with Gasteiger partial charge in [0.1, 0.15) is 11.6 Å². The van der Waals surface area contributed by atoms with E-state index in [0.29, 0.717) is 18.7 Å². The molecule has 30 heavy (non-hydrogen) atoms. The lowest BCUT2D eigenvalue weighted by atomic mass is 10.1. The van der Waals surface area contributed by atoms with Crippen LogP contribution in [0.1, 0.15) is 31.7 Å². The van der Waals surface area contributed by atoms with Crippen LogP contribution in [-0.4, -0.2) is 42.8 Å². The standard InChI is InChI=1S/C21H30N4O5/c1-4-5-12-25-19(22)18(20(27)23-21(25)28)24(13-14-29-2)17(26)11-10-15-8-6-7-9-16(15)30-3/h6-9H,4-5,10-14,22H2,1-3H3,(H,23,27,28). The zero-order valence-electron chi connectivity index (χ0n) is 17.8. The first kappa shape index (κ1) is 23.2. The van der Waals surface area contributed by atoms with Gasteiger partial charge in [-0.15, -0.1) is 0 Å². The molecule has 9 heteroatoms. The molecular weight excluding hydrogens is 388 g/mol. The number of anilines is 2. The number of nitrogen functional groups attached to an aromatic ring is 1. The van der Waals surface area contributed by atoms with Crippen LogP contribution in [0.15, 0.2) is 33.9 Å². The van der Waals surface area contributed by atoms with Gasteiger partial charge in [-0.1, -0.05) is 31.5 Å². The Balaban J connectivity index is 2.36. The number of benzene rings is 1. The Labute approximate surface area is 175 Å². The lowest BCUT2D eigenvalue weighted by Gasteiger charge is -2.24. The maximum absolute atomic E-state index is 13.1. The molecule has 1 aromatic heterocycles. The molecule has 0 unspecified atom stereocenters. The maximum Gasteiger partial charge on any atom is 0.330 e. The summed E-state index contributed by atoms with van der Waals surface area (Å²) in [6.45, 7) is 2.70. The number of rotatable bonds is 11. The number of ether oxygens (including phenoxy) is 2. The quantitative estimate of drug-likeness (QED) is 0.571. The van der Waals surface area contributed by atoms with E-state index in [-0.39, 0.29) is 37.0 Å². The van der Waals surface area contributed by atoms with Gasteiger partial charge >= 0.3 is 5.69 Å². The van der Waals surface area contributed by atoms with Crippen LogP contribution in [0, 0.1) is 0 Å². The number of nitrogens with zero attached hydrogens (tertiary/aromatic N) is 2. The van der Waals surface area contributed by atoms with Crippen molar-refractivity contribution in [3.8, 4) is 5.75 Å². The van der Waals surface area contributed by atoms with Crippen molar-refractivity contribution >= 4 is 17.4 Å². The van der Waals surface area contributed by atoms with Gasteiger partial charge in [0.05, 0.1) is 13.7 Å². The Bertz CT molecular complexity index is 967. The number of carbonyl (C=O) groups excluding carboxylic acids is 1. The minimum atomic E-state index is -0.688. The Kier molecular flexibility index (Phi) is 8.67.